The van der Waals surface area contributed by atoms with E-state index >= 15 is 0 Å². The molecule has 0 radical (unpaired) electrons. The van der Waals surface area contributed by atoms with Gasteiger partial charge in [0.25, 0.3) is 0 Å². The van der Waals surface area contributed by atoms with E-state index in [0.717, 1.165) is 11.3 Å². The second-order valence-electron chi connectivity index (χ2n) is 9.04. The molecule has 38 heavy (non-hydrogen) atoms. The van der Waals surface area contributed by atoms with Crippen molar-refractivity contribution in [2.24, 2.45) is 7.05 Å². The molecule has 3 aromatic rings. The Kier molecular flexibility index (Phi) is 8.80. The van der Waals surface area contributed by atoms with Gasteiger partial charge in [0.05, 0.1) is 26.5 Å². The van der Waals surface area contributed by atoms with Crippen molar-refractivity contribution >= 4 is 5.97 Å². The predicted octanol–water partition coefficient (Wildman–Crippen LogP) is 5.64. The third-order valence-corrected chi connectivity index (χ3v) is 5.70. The third-order valence-electron chi connectivity index (χ3n) is 5.70. The van der Waals surface area contributed by atoms with E-state index in [-0.39, 0.29) is 5.75 Å². The molecular formula is C27H31F3N2O6. The molecule has 0 unspecified atom stereocenters. The van der Waals surface area contributed by atoms with Gasteiger partial charge in [-0.05, 0) is 75.6 Å². The lowest BCUT2D eigenvalue weighted by Gasteiger charge is -2.25. The molecule has 0 aliphatic rings. The molecular weight excluding hydrogens is 505 g/mol. The highest BCUT2D eigenvalue weighted by atomic mass is 19.4. The Hall–Kier alpha value is -3.89. The van der Waals surface area contributed by atoms with Crippen LogP contribution in [-0.4, -0.2) is 48.5 Å². The number of methoxy groups -OCH3 is 2. The second kappa shape index (κ2) is 11.7. The van der Waals surface area contributed by atoms with E-state index in [1.807, 2.05) is 20.0 Å². The van der Waals surface area contributed by atoms with Crippen LogP contribution in [0.15, 0.2) is 42.5 Å². The number of nitrogens with zero attached hydrogens (tertiary/aromatic N) is 2. The van der Waals surface area contributed by atoms with Crippen molar-refractivity contribution in [2.45, 2.75) is 45.6 Å². The molecule has 1 heterocycles. The molecule has 0 saturated heterocycles. The molecule has 3 rings (SSSR count). The first-order chi connectivity index (χ1) is 17.8. The minimum atomic E-state index is -4.73. The summed E-state index contributed by atoms with van der Waals surface area (Å²) in [6.45, 7) is 5.48. The van der Waals surface area contributed by atoms with Crippen LogP contribution in [0.25, 0.3) is 11.3 Å². The van der Waals surface area contributed by atoms with Gasteiger partial charge in [0, 0.05) is 24.4 Å². The van der Waals surface area contributed by atoms with Crippen LogP contribution >= 0.6 is 0 Å². The number of hydrogen-bond acceptors (Lipinski definition) is 7. The van der Waals surface area contributed by atoms with E-state index in [9.17, 15) is 18.0 Å². The molecule has 1 aromatic heterocycles. The van der Waals surface area contributed by atoms with Crippen LogP contribution in [0.4, 0.5) is 13.2 Å². The fourth-order valence-corrected chi connectivity index (χ4v) is 3.73. The van der Waals surface area contributed by atoms with Crippen LogP contribution in [0.2, 0.25) is 0 Å². The van der Waals surface area contributed by atoms with Crippen molar-refractivity contribution in [2.75, 3.05) is 20.8 Å². The number of aryl methyl sites for hydroxylation is 3. The second-order valence-corrected chi connectivity index (χ2v) is 9.04. The van der Waals surface area contributed by atoms with Gasteiger partial charge in [-0.3, -0.25) is 4.68 Å². The summed E-state index contributed by atoms with van der Waals surface area (Å²) in [7, 11) is 4.63. The lowest BCUT2D eigenvalue weighted by Crippen LogP contribution is -2.39. The number of carbonyl (C=O) groups is 1. The van der Waals surface area contributed by atoms with Crippen LogP contribution in [0.3, 0.4) is 0 Å². The van der Waals surface area contributed by atoms with Crippen LogP contribution in [0, 0.1) is 6.92 Å². The molecule has 206 valence electrons. The number of hydrogen-bond donors (Lipinski definition) is 0. The molecule has 0 saturated carbocycles. The lowest BCUT2D eigenvalue weighted by atomic mass is 10.1. The van der Waals surface area contributed by atoms with E-state index in [2.05, 4.69) is 9.84 Å². The van der Waals surface area contributed by atoms with Crippen LogP contribution < -0.4 is 18.9 Å². The van der Waals surface area contributed by atoms with Crippen molar-refractivity contribution in [1.82, 2.24) is 9.78 Å². The minimum Gasteiger partial charge on any atom is -0.493 e. The first-order valence-corrected chi connectivity index (χ1v) is 11.8. The van der Waals surface area contributed by atoms with Gasteiger partial charge in [-0.2, -0.15) is 5.10 Å². The third kappa shape index (κ3) is 7.33. The molecule has 0 fully saturated rings. The monoisotopic (exact) mass is 536 g/mol. The maximum absolute atomic E-state index is 12.4. The van der Waals surface area contributed by atoms with Crippen molar-refractivity contribution < 1.29 is 41.7 Å². The standard InChI is InChI=1S/C27H31F3N2O6/c1-17-14-24(23(34-5)16-22(17)38-26(2,3)25(33)35-6)36-13-7-8-19-15-21(31-32(19)4)18-9-11-20(12-10-18)37-27(28,29)30/h9-12,14-16H,7-8,13H2,1-6H3. The zero-order valence-electron chi connectivity index (χ0n) is 22.1. The maximum Gasteiger partial charge on any atom is 0.573 e. The van der Waals surface area contributed by atoms with Gasteiger partial charge >= 0.3 is 12.3 Å². The highest BCUT2D eigenvalue weighted by Gasteiger charge is 2.32. The smallest absolute Gasteiger partial charge is 0.493 e. The average molecular weight is 537 g/mol. The van der Waals surface area contributed by atoms with Crippen molar-refractivity contribution in [3.05, 3.63) is 53.7 Å². The normalized spacial score (nSPS) is 11.7. The minimum absolute atomic E-state index is 0.285. The Morgan fingerprint density at radius 3 is 2.26 bits per heavy atom. The number of esters is 1. The number of benzene rings is 2. The largest absolute Gasteiger partial charge is 0.573 e. The summed E-state index contributed by atoms with van der Waals surface area (Å²) < 4.78 is 64.9. The fraction of sp³-hybridized carbons (Fsp3) is 0.407. The molecule has 0 N–H and O–H groups in total. The van der Waals surface area contributed by atoms with Gasteiger partial charge in [-0.25, -0.2) is 4.79 Å². The number of alkyl halides is 3. The Labute approximate surface area is 219 Å². The van der Waals surface area contributed by atoms with E-state index in [1.54, 1.807) is 30.7 Å². The van der Waals surface area contributed by atoms with Gasteiger partial charge in [-0.15, -0.1) is 13.2 Å². The summed E-state index contributed by atoms with van der Waals surface area (Å²) in [5.74, 6) is 0.700. The van der Waals surface area contributed by atoms with Crippen molar-refractivity contribution in [1.29, 1.82) is 0 Å². The molecule has 0 atom stereocenters. The Morgan fingerprint density at radius 1 is 0.974 bits per heavy atom. The highest BCUT2D eigenvalue weighted by molar-refractivity contribution is 5.79. The molecule has 8 nitrogen and oxygen atoms in total. The quantitative estimate of drug-likeness (QED) is 0.232. The molecule has 0 bridgehead atoms. The first kappa shape index (κ1) is 28.7. The Morgan fingerprint density at radius 2 is 1.66 bits per heavy atom. The number of ether oxygens (including phenoxy) is 5. The number of carbonyl (C=O) groups excluding carboxylic acids is 1. The van der Waals surface area contributed by atoms with Gasteiger partial charge in [-0.1, -0.05) is 0 Å². The van der Waals surface area contributed by atoms with Gasteiger partial charge in [0.2, 0.25) is 0 Å². The van der Waals surface area contributed by atoms with Crippen molar-refractivity contribution in [3.8, 4) is 34.3 Å². The SMILES string of the molecule is COC(=O)C(C)(C)Oc1cc(OC)c(OCCCc2cc(-c3ccc(OC(F)(F)F)cc3)nn2C)cc1C. The van der Waals surface area contributed by atoms with Crippen LogP contribution in [0.5, 0.6) is 23.0 Å². The molecule has 2 aromatic carbocycles. The van der Waals surface area contributed by atoms with E-state index in [1.165, 1.54) is 38.5 Å². The fourth-order valence-electron chi connectivity index (χ4n) is 3.73. The van der Waals surface area contributed by atoms with E-state index in [0.29, 0.717) is 48.0 Å². The van der Waals surface area contributed by atoms with E-state index in [4.69, 9.17) is 18.9 Å². The zero-order chi connectivity index (χ0) is 28.1. The van der Waals surface area contributed by atoms with Crippen molar-refractivity contribution in [3.63, 3.8) is 0 Å². The maximum atomic E-state index is 12.4. The number of halogens is 3. The van der Waals surface area contributed by atoms with Gasteiger partial charge in [0.1, 0.15) is 11.5 Å². The predicted molar refractivity (Wildman–Crippen MR) is 134 cm³/mol. The number of aromatic nitrogens is 2. The summed E-state index contributed by atoms with van der Waals surface area (Å²) in [6.07, 6.45) is -3.40. The summed E-state index contributed by atoms with van der Waals surface area (Å²) in [5.41, 5.74) is 1.85. The molecule has 0 amide bonds. The Bertz CT molecular complexity index is 1250. The first-order valence-electron chi connectivity index (χ1n) is 11.8. The molecule has 0 aliphatic carbocycles. The summed E-state index contributed by atoms with van der Waals surface area (Å²) >= 11 is 0. The summed E-state index contributed by atoms with van der Waals surface area (Å²) in [4.78, 5) is 12.0. The lowest BCUT2D eigenvalue weighted by molar-refractivity contribution is -0.274. The zero-order valence-corrected chi connectivity index (χ0v) is 22.1. The van der Waals surface area contributed by atoms with Gasteiger partial charge in [0.15, 0.2) is 17.1 Å². The Balaban J connectivity index is 1.60. The van der Waals surface area contributed by atoms with Crippen LogP contribution in [-0.2, 0) is 23.0 Å². The topological polar surface area (TPSA) is 81.0 Å². The molecule has 11 heteroatoms. The highest BCUT2D eigenvalue weighted by Crippen LogP contribution is 2.36. The molecule has 0 aliphatic heterocycles. The van der Waals surface area contributed by atoms with Crippen LogP contribution in [0.1, 0.15) is 31.5 Å². The van der Waals surface area contributed by atoms with E-state index < -0.39 is 17.9 Å². The van der Waals surface area contributed by atoms with Gasteiger partial charge < -0.3 is 23.7 Å². The average Bonchev–Trinajstić information content (AvgIpc) is 3.22. The summed E-state index contributed by atoms with van der Waals surface area (Å²) in [5, 5.41) is 4.46. The molecule has 0 spiro atoms. The number of rotatable bonds is 11. The summed E-state index contributed by atoms with van der Waals surface area (Å²) in [6, 6.07) is 10.9.